The Morgan fingerprint density at radius 3 is 2.66 bits per heavy atom. The predicted octanol–water partition coefficient (Wildman–Crippen LogP) is 5.14. The van der Waals surface area contributed by atoms with Crippen LogP contribution in [-0.2, 0) is 6.54 Å². The third kappa shape index (κ3) is 4.33. The highest BCUT2D eigenvalue weighted by molar-refractivity contribution is 6.31. The smallest absolute Gasteiger partial charge is 0.251 e. The summed E-state index contributed by atoms with van der Waals surface area (Å²) < 4.78 is 20.1. The minimum atomic E-state index is -0.574. The van der Waals surface area contributed by atoms with Crippen LogP contribution in [0.15, 0.2) is 73.2 Å². The van der Waals surface area contributed by atoms with E-state index in [2.05, 4.69) is 15.3 Å². The van der Waals surface area contributed by atoms with E-state index in [-0.39, 0.29) is 17.2 Å². The maximum Gasteiger partial charge on any atom is 0.251 e. The van der Waals surface area contributed by atoms with Crippen LogP contribution in [0.4, 0.5) is 4.39 Å². The molecule has 0 bridgehead atoms. The summed E-state index contributed by atoms with van der Waals surface area (Å²) in [6.07, 6.45) is 4.85. The van der Waals surface area contributed by atoms with E-state index in [0.29, 0.717) is 28.2 Å². The van der Waals surface area contributed by atoms with Crippen LogP contribution in [-0.4, -0.2) is 15.9 Å². The number of pyridine rings is 2. The first-order valence-corrected chi connectivity index (χ1v) is 9.17. The lowest BCUT2D eigenvalue weighted by atomic mass is 10.1. The zero-order chi connectivity index (χ0) is 20.2. The second-order valence-electron chi connectivity index (χ2n) is 6.26. The van der Waals surface area contributed by atoms with Crippen LogP contribution in [0.1, 0.15) is 15.9 Å². The van der Waals surface area contributed by atoms with Crippen molar-refractivity contribution in [1.29, 1.82) is 0 Å². The average molecular weight is 408 g/mol. The summed E-state index contributed by atoms with van der Waals surface area (Å²) in [5.41, 5.74) is 1.83. The number of aromatic nitrogens is 2. The Hall–Kier alpha value is -3.51. The predicted molar refractivity (Wildman–Crippen MR) is 109 cm³/mol. The summed E-state index contributed by atoms with van der Waals surface area (Å²) >= 11 is 6.00. The van der Waals surface area contributed by atoms with Gasteiger partial charge in [-0.05, 0) is 60.2 Å². The number of amides is 1. The number of fused-ring (bicyclic) bond motifs is 1. The third-order valence-electron chi connectivity index (χ3n) is 4.28. The lowest BCUT2D eigenvalue weighted by molar-refractivity contribution is 0.0950. The monoisotopic (exact) mass is 407 g/mol. The number of benzene rings is 2. The Balaban J connectivity index is 1.57. The number of rotatable bonds is 5. The van der Waals surface area contributed by atoms with Gasteiger partial charge in [0, 0.05) is 41.1 Å². The van der Waals surface area contributed by atoms with E-state index in [4.69, 9.17) is 16.3 Å². The largest absolute Gasteiger partial charge is 0.453 e. The molecular weight excluding hydrogens is 393 g/mol. The molecule has 0 atom stereocenters. The molecule has 0 spiro atoms. The fourth-order valence-electron chi connectivity index (χ4n) is 2.81. The van der Waals surface area contributed by atoms with Gasteiger partial charge in [0.05, 0.1) is 5.52 Å². The first-order chi connectivity index (χ1) is 14.1. The molecule has 1 N–H and O–H groups in total. The molecule has 5 nitrogen and oxygen atoms in total. The fourth-order valence-corrected chi connectivity index (χ4v) is 2.98. The lowest BCUT2D eigenvalue weighted by Crippen LogP contribution is -2.22. The average Bonchev–Trinajstić information content (AvgIpc) is 2.74. The number of nitrogens with zero attached hydrogens (tertiary/aromatic N) is 2. The topological polar surface area (TPSA) is 64.1 Å². The molecule has 0 aliphatic carbocycles. The first kappa shape index (κ1) is 18.8. The fraction of sp³-hybridized carbons (Fsp3) is 0.0455. The van der Waals surface area contributed by atoms with Crippen molar-refractivity contribution in [1.82, 2.24) is 15.3 Å². The summed E-state index contributed by atoms with van der Waals surface area (Å²) in [7, 11) is 0. The number of carbonyl (C=O) groups is 1. The molecule has 144 valence electrons. The maximum absolute atomic E-state index is 14.3. The zero-order valence-electron chi connectivity index (χ0n) is 15.1. The molecule has 0 unspecified atom stereocenters. The van der Waals surface area contributed by atoms with Gasteiger partial charge in [-0.3, -0.25) is 14.8 Å². The van der Waals surface area contributed by atoms with Gasteiger partial charge in [-0.1, -0.05) is 11.6 Å². The van der Waals surface area contributed by atoms with Gasteiger partial charge in [0.1, 0.15) is 5.75 Å². The van der Waals surface area contributed by atoms with E-state index in [1.807, 2.05) is 0 Å². The second kappa shape index (κ2) is 8.24. The standard InChI is InChI=1S/C22H15ClFN3O2/c23-16-2-3-17-19(12-16)26-10-7-20(17)29-21-11-15(1-4-18(21)24)22(28)27-13-14-5-8-25-9-6-14/h1-12H,13H2,(H,27,28). The maximum atomic E-state index is 14.3. The summed E-state index contributed by atoms with van der Waals surface area (Å²) in [6.45, 7) is 0.338. The number of nitrogens with one attached hydrogen (secondary N) is 1. The molecule has 0 radical (unpaired) electrons. The Morgan fingerprint density at radius 2 is 1.83 bits per heavy atom. The minimum Gasteiger partial charge on any atom is -0.453 e. The molecule has 0 aliphatic rings. The molecular formula is C22H15ClFN3O2. The van der Waals surface area contributed by atoms with Gasteiger partial charge >= 0.3 is 0 Å². The third-order valence-corrected chi connectivity index (χ3v) is 4.52. The Labute approximate surface area is 171 Å². The van der Waals surface area contributed by atoms with E-state index in [9.17, 15) is 9.18 Å². The Kier molecular flexibility index (Phi) is 5.35. The van der Waals surface area contributed by atoms with Crippen LogP contribution < -0.4 is 10.1 Å². The number of ether oxygens (including phenoxy) is 1. The lowest BCUT2D eigenvalue weighted by Gasteiger charge is -2.11. The van der Waals surface area contributed by atoms with Gasteiger partial charge in [-0.15, -0.1) is 0 Å². The molecule has 29 heavy (non-hydrogen) atoms. The Morgan fingerprint density at radius 1 is 1.00 bits per heavy atom. The van der Waals surface area contributed by atoms with Crippen molar-refractivity contribution in [3.05, 3.63) is 95.2 Å². The number of halogens is 2. The molecule has 4 aromatic rings. The van der Waals surface area contributed by atoms with E-state index < -0.39 is 5.82 Å². The normalized spacial score (nSPS) is 10.7. The summed E-state index contributed by atoms with van der Waals surface area (Å²) in [5, 5.41) is 4.02. The van der Waals surface area contributed by atoms with Crippen LogP contribution in [0.2, 0.25) is 5.02 Å². The number of hydrogen-bond acceptors (Lipinski definition) is 4. The van der Waals surface area contributed by atoms with Gasteiger partial charge in [-0.2, -0.15) is 0 Å². The van der Waals surface area contributed by atoms with Crippen molar-refractivity contribution in [2.24, 2.45) is 0 Å². The van der Waals surface area contributed by atoms with Crippen molar-refractivity contribution >= 4 is 28.4 Å². The number of hydrogen-bond donors (Lipinski definition) is 1. The van der Waals surface area contributed by atoms with Gasteiger partial charge < -0.3 is 10.1 Å². The van der Waals surface area contributed by atoms with Gasteiger partial charge in [-0.25, -0.2) is 4.39 Å². The number of carbonyl (C=O) groups excluding carboxylic acids is 1. The van der Waals surface area contributed by atoms with Crippen LogP contribution >= 0.6 is 11.6 Å². The van der Waals surface area contributed by atoms with Gasteiger partial charge in [0.25, 0.3) is 5.91 Å². The van der Waals surface area contributed by atoms with Crippen molar-refractivity contribution in [3.8, 4) is 11.5 Å². The molecule has 7 heteroatoms. The molecule has 2 aromatic heterocycles. The van der Waals surface area contributed by atoms with Crippen molar-refractivity contribution in [2.45, 2.75) is 6.54 Å². The highest BCUT2D eigenvalue weighted by atomic mass is 35.5. The molecule has 0 saturated heterocycles. The molecule has 2 aromatic carbocycles. The summed E-state index contributed by atoms with van der Waals surface area (Å²) in [6, 6.07) is 14.4. The van der Waals surface area contributed by atoms with Crippen LogP contribution in [0.25, 0.3) is 10.9 Å². The van der Waals surface area contributed by atoms with Crippen molar-refractivity contribution < 1.29 is 13.9 Å². The van der Waals surface area contributed by atoms with Crippen molar-refractivity contribution in [2.75, 3.05) is 0 Å². The SMILES string of the molecule is O=C(NCc1ccncc1)c1ccc(F)c(Oc2ccnc3cc(Cl)ccc23)c1. The van der Waals surface area contributed by atoms with Crippen LogP contribution in [0, 0.1) is 5.82 Å². The zero-order valence-corrected chi connectivity index (χ0v) is 15.9. The first-order valence-electron chi connectivity index (χ1n) is 8.79. The molecule has 4 rings (SSSR count). The van der Waals surface area contributed by atoms with Crippen LogP contribution in [0.3, 0.4) is 0 Å². The summed E-state index contributed by atoms with van der Waals surface area (Å²) in [5.74, 6) is -0.545. The van der Waals surface area contributed by atoms with Crippen molar-refractivity contribution in [3.63, 3.8) is 0 Å². The molecule has 0 saturated carbocycles. The highest BCUT2D eigenvalue weighted by Crippen LogP contribution is 2.32. The Bertz CT molecular complexity index is 1190. The summed E-state index contributed by atoms with van der Waals surface area (Å²) in [4.78, 5) is 20.6. The van der Waals surface area contributed by atoms with Gasteiger partial charge in [0.2, 0.25) is 0 Å². The van der Waals surface area contributed by atoms with Gasteiger partial charge in [0.15, 0.2) is 11.6 Å². The molecule has 2 heterocycles. The van der Waals surface area contributed by atoms with E-state index in [0.717, 1.165) is 5.56 Å². The molecule has 1 amide bonds. The highest BCUT2D eigenvalue weighted by Gasteiger charge is 2.13. The van der Waals surface area contributed by atoms with Crippen LogP contribution in [0.5, 0.6) is 11.5 Å². The van der Waals surface area contributed by atoms with E-state index >= 15 is 0 Å². The quantitative estimate of drug-likeness (QED) is 0.497. The molecule has 0 fully saturated rings. The molecule has 0 aliphatic heterocycles. The van der Waals surface area contributed by atoms with E-state index in [1.54, 1.807) is 55.0 Å². The second-order valence-corrected chi connectivity index (χ2v) is 6.69. The minimum absolute atomic E-state index is 0.0518. The van der Waals surface area contributed by atoms with E-state index in [1.165, 1.54) is 18.2 Å².